The van der Waals surface area contributed by atoms with E-state index in [1.54, 1.807) is 0 Å². The molecule has 116 valence electrons. The first-order chi connectivity index (χ1) is 10.2. The van der Waals surface area contributed by atoms with Crippen molar-refractivity contribution in [2.75, 3.05) is 25.5 Å². The van der Waals surface area contributed by atoms with Crippen LogP contribution in [-0.2, 0) is 11.2 Å². The number of carbonyl (C=O) groups excluding carboxylic acids is 1. The molecule has 0 spiro atoms. The van der Waals surface area contributed by atoms with Crippen LogP contribution < -0.4 is 5.32 Å². The third-order valence-corrected chi connectivity index (χ3v) is 4.37. The number of anilines is 1. The van der Waals surface area contributed by atoms with E-state index in [1.807, 2.05) is 12.1 Å². The Morgan fingerprint density at radius 3 is 2.52 bits per heavy atom. The Balaban J connectivity index is 1.77. The lowest BCUT2D eigenvalue weighted by atomic mass is 9.93. The number of nitrogens with one attached hydrogen (secondary N) is 1. The van der Waals surface area contributed by atoms with Crippen LogP contribution in [0.5, 0.6) is 0 Å². The highest BCUT2D eigenvalue weighted by Crippen LogP contribution is 2.20. The smallest absolute Gasteiger partial charge is 0.224 e. The Hall–Kier alpha value is -1.35. The van der Waals surface area contributed by atoms with Gasteiger partial charge in [-0.2, -0.15) is 0 Å². The van der Waals surface area contributed by atoms with Crippen LogP contribution in [0.15, 0.2) is 24.3 Å². The first-order valence-electron chi connectivity index (χ1n) is 8.24. The number of likely N-dealkylation sites (tertiary alicyclic amines) is 1. The Labute approximate surface area is 128 Å². The first-order valence-corrected chi connectivity index (χ1v) is 8.24. The van der Waals surface area contributed by atoms with Crippen molar-refractivity contribution in [3.63, 3.8) is 0 Å². The lowest BCUT2D eigenvalue weighted by Gasteiger charge is -2.28. The summed E-state index contributed by atoms with van der Waals surface area (Å²) in [5, 5.41) is 3.03. The summed E-state index contributed by atoms with van der Waals surface area (Å²) >= 11 is 0. The molecule has 1 N–H and O–H groups in total. The minimum atomic E-state index is 0.158. The van der Waals surface area contributed by atoms with E-state index in [0.717, 1.165) is 38.0 Å². The van der Waals surface area contributed by atoms with Crippen LogP contribution in [0.4, 0.5) is 5.69 Å². The van der Waals surface area contributed by atoms with Gasteiger partial charge in [0.15, 0.2) is 0 Å². The number of piperidine rings is 1. The van der Waals surface area contributed by atoms with Crippen LogP contribution in [0, 0.1) is 5.92 Å². The summed E-state index contributed by atoms with van der Waals surface area (Å²) in [5.41, 5.74) is 2.28. The maximum Gasteiger partial charge on any atom is 0.224 e. The van der Waals surface area contributed by atoms with E-state index < -0.39 is 0 Å². The molecule has 0 aromatic heterocycles. The van der Waals surface area contributed by atoms with Gasteiger partial charge in [0.2, 0.25) is 5.91 Å². The number of hydrogen-bond acceptors (Lipinski definition) is 2. The van der Waals surface area contributed by atoms with Crippen molar-refractivity contribution in [1.29, 1.82) is 0 Å². The number of aryl methyl sites for hydroxylation is 1. The molecule has 0 radical (unpaired) electrons. The standard InChI is InChI=1S/C18H28N2O/c1-3-4-5-15-6-8-17(9-7-15)19-18(21)14-16-10-12-20(2)13-11-16/h6-9,16H,3-5,10-14H2,1-2H3,(H,19,21). The monoisotopic (exact) mass is 288 g/mol. The molecule has 3 heteroatoms. The Morgan fingerprint density at radius 2 is 1.90 bits per heavy atom. The molecule has 1 fully saturated rings. The Bertz CT molecular complexity index is 433. The molecule has 21 heavy (non-hydrogen) atoms. The maximum absolute atomic E-state index is 12.1. The number of amides is 1. The summed E-state index contributed by atoms with van der Waals surface area (Å²) in [7, 11) is 2.15. The van der Waals surface area contributed by atoms with Crippen LogP contribution in [0.1, 0.15) is 44.6 Å². The maximum atomic E-state index is 12.1. The largest absolute Gasteiger partial charge is 0.326 e. The molecule has 2 rings (SSSR count). The number of hydrogen-bond donors (Lipinski definition) is 1. The van der Waals surface area contributed by atoms with E-state index in [2.05, 4.69) is 36.3 Å². The fourth-order valence-electron chi connectivity index (χ4n) is 2.88. The summed E-state index contributed by atoms with van der Waals surface area (Å²) in [6.07, 6.45) is 6.50. The highest BCUT2D eigenvalue weighted by Gasteiger charge is 2.19. The van der Waals surface area contributed by atoms with Crippen LogP contribution in [0.25, 0.3) is 0 Å². The fraction of sp³-hybridized carbons (Fsp3) is 0.611. The van der Waals surface area contributed by atoms with Crippen molar-refractivity contribution in [1.82, 2.24) is 4.90 Å². The third kappa shape index (κ3) is 5.50. The lowest BCUT2D eigenvalue weighted by molar-refractivity contribution is -0.117. The molecule has 1 aliphatic rings. The molecule has 0 bridgehead atoms. The van der Waals surface area contributed by atoms with Crippen LogP contribution in [0.2, 0.25) is 0 Å². The lowest BCUT2D eigenvalue weighted by Crippen LogP contribution is -2.31. The fourth-order valence-corrected chi connectivity index (χ4v) is 2.88. The van der Waals surface area contributed by atoms with Gasteiger partial charge in [0.1, 0.15) is 0 Å². The van der Waals surface area contributed by atoms with Crippen molar-refractivity contribution in [2.24, 2.45) is 5.92 Å². The van der Waals surface area contributed by atoms with Crippen molar-refractivity contribution in [2.45, 2.75) is 45.4 Å². The third-order valence-electron chi connectivity index (χ3n) is 4.37. The van der Waals surface area contributed by atoms with E-state index in [4.69, 9.17) is 0 Å². The van der Waals surface area contributed by atoms with Gasteiger partial charge < -0.3 is 10.2 Å². The molecule has 1 aromatic rings. The number of unbranched alkanes of at least 4 members (excludes halogenated alkanes) is 1. The van der Waals surface area contributed by atoms with Crippen molar-refractivity contribution >= 4 is 11.6 Å². The molecule has 0 aliphatic carbocycles. The van der Waals surface area contributed by atoms with E-state index in [0.29, 0.717) is 12.3 Å². The molecule has 1 amide bonds. The molecular weight excluding hydrogens is 260 g/mol. The van der Waals surface area contributed by atoms with Gasteiger partial charge in [0.25, 0.3) is 0 Å². The Kier molecular flexibility index (Phi) is 6.24. The van der Waals surface area contributed by atoms with Crippen LogP contribution in [0.3, 0.4) is 0 Å². The van der Waals surface area contributed by atoms with E-state index in [9.17, 15) is 4.79 Å². The SMILES string of the molecule is CCCCc1ccc(NC(=O)CC2CCN(C)CC2)cc1. The molecule has 1 aliphatic heterocycles. The average molecular weight is 288 g/mol. The van der Waals surface area contributed by atoms with Gasteiger partial charge in [-0.3, -0.25) is 4.79 Å². The second-order valence-corrected chi connectivity index (χ2v) is 6.30. The molecule has 3 nitrogen and oxygen atoms in total. The summed E-state index contributed by atoms with van der Waals surface area (Å²) in [6.45, 7) is 4.44. The molecule has 1 saturated heterocycles. The molecule has 1 heterocycles. The molecule has 0 saturated carbocycles. The topological polar surface area (TPSA) is 32.3 Å². The molecular formula is C18H28N2O. The highest BCUT2D eigenvalue weighted by atomic mass is 16.1. The van der Waals surface area contributed by atoms with Crippen LogP contribution in [-0.4, -0.2) is 30.9 Å². The zero-order chi connectivity index (χ0) is 15.1. The van der Waals surface area contributed by atoms with Gasteiger partial charge in [0.05, 0.1) is 0 Å². The van der Waals surface area contributed by atoms with E-state index in [-0.39, 0.29) is 5.91 Å². The van der Waals surface area contributed by atoms with Gasteiger partial charge in [-0.15, -0.1) is 0 Å². The predicted octanol–water partition coefficient (Wildman–Crippen LogP) is 3.70. The zero-order valence-electron chi connectivity index (χ0n) is 13.4. The number of nitrogens with zero attached hydrogens (tertiary/aromatic N) is 1. The van der Waals surface area contributed by atoms with Gasteiger partial charge in [-0.25, -0.2) is 0 Å². The second kappa shape index (κ2) is 8.18. The van der Waals surface area contributed by atoms with Gasteiger partial charge in [0, 0.05) is 12.1 Å². The number of rotatable bonds is 6. The summed E-state index contributed by atoms with van der Waals surface area (Å²) in [6, 6.07) is 8.30. The van der Waals surface area contributed by atoms with Gasteiger partial charge >= 0.3 is 0 Å². The zero-order valence-corrected chi connectivity index (χ0v) is 13.4. The number of benzene rings is 1. The predicted molar refractivity (Wildman–Crippen MR) is 88.5 cm³/mol. The Morgan fingerprint density at radius 1 is 1.24 bits per heavy atom. The summed E-state index contributed by atoms with van der Waals surface area (Å²) < 4.78 is 0. The highest BCUT2D eigenvalue weighted by molar-refractivity contribution is 5.90. The van der Waals surface area contributed by atoms with E-state index in [1.165, 1.54) is 18.4 Å². The van der Waals surface area contributed by atoms with E-state index >= 15 is 0 Å². The van der Waals surface area contributed by atoms with Crippen molar-refractivity contribution in [3.8, 4) is 0 Å². The minimum Gasteiger partial charge on any atom is -0.326 e. The summed E-state index contributed by atoms with van der Waals surface area (Å²) in [5.74, 6) is 0.705. The normalized spacial score (nSPS) is 16.9. The second-order valence-electron chi connectivity index (χ2n) is 6.30. The van der Waals surface area contributed by atoms with Crippen molar-refractivity contribution in [3.05, 3.63) is 29.8 Å². The quantitative estimate of drug-likeness (QED) is 0.865. The van der Waals surface area contributed by atoms with Crippen LogP contribution >= 0.6 is 0 Å². The number of carbonyl (C=O) groups is 1. The minimum absolute atomic E-state index is 0.158. The van der Waals surface area contributed by atoms with Gasteiger partial charge in [-0.1, -0.05) is 25.5 Å². The first kappa shape index (κ1) is 16.0. The molecule has 0 unspecified atom stereocenters. The van der Waals surface area contributed by atoms with Gasteiger partial charge in [-0.05, 0) is 69.4 Å². The average Bonchev–Trinajstić information content (AvgIpc) is 2.49. The summed E-state index contributed by atoms with van der Waals surface area (Å²) in [4.78, 5) is 14.4. The molecule has 0 atom stereocenters. The molecule has 1 aromatic carbocycles. The van der Waals surface area contributed by atoms with Crippen molar-refractivity contribution < 1.29 is 4.79 Å².